The number of carbonyl (C=O) groups is 1. The van der Waals surface area contributed by atoms with Crippen molar-refractivity contribution in [2.45, 2.75) is 6.92 Å². The van der Waals surface area contributed by atoms with E-state index < -0.39 is 16.5 Å². The minimum absolute atomic E-state index is 0.104. The van der Waals surface area contributed by atoms with Gasteiger partial charge in [0.15, 0.2) is 0 Å². The number of nitriles is 1. The lowest BCUT2D eigenvalue weighted by Crippen LogP contribution is -2.28. The molecule has 0 bridgehead atoms. The van der Waals surface area contributed by atoms with Crippen molar-refractivity contribution in [3.8, 4) is 6.07 Å². The first-order valence-corrected chi connectivity index (χ1v) is 5.32. The summed E-state index contributed by atoms with van der Waals surface area (Å²) in [4.78, 5) is 25.3. The van der Waals surface area contributed by atoms with Crippen LogP contribution in [0.2, 0.25) is 5.15 Å². The molecular formula is C10H9ClN4O3. The van der Waals surface area contributed by atoms with Gasteiger partial charge >= 0.3 is 5.69 Å². The van der Waals surface area contributed by atoms with Crippen molar-refractivity contribution in [1.82, 2.24) is 10.3 Å². The lowest BCUT2D eigenvalue weighted by molar-refractivity contribution is -0.385. The number of aromatic nitrogens is 1. The third-order valence-corrected chi connectivity index (χ3v) is 2.37. The lowest BCUT2D eigenvalue weighted by Gasteiger charge is -2.06. The van der Waals surface area contributed by atoms with Gasteiger partial charge in [-0.15, -0.1) is 0 Å². The van der Waals surface area contributed by atoms with Crippen LogP contribution < -0.4 is 5.32 Å². The number of nitrogens with one attached hydrogen (secondary N) is 1. The number of rotatable bonds is 4. The highest BCUT2D eigenvalue weighted by molar-refractivity contribution is 6.32. The molecule has 1 aromatic heterocycles. The summed E-state index contributed by atoms with van der Waals surface area (Å²) in [7, 11) is 0. The van der Waals surface area contributed by atoms with Crippen molar-refractivity contribution in [1.29, 1.82) is 5.26 Å². The molecule has 8 heteroatoms. The van der Waals surface area contributed by atoms with E-state index in [0.717, 1.165) is 0 Å². The molecule has 1 atom stereocenters. The molecule has 7 nitrogen and oxygen atoms in total. The Morgan fingerprint density at radius 1 is 1.78 bits per heavy atom. The summed E-state index contributed by atoms with van der Waals surface area (Å²) in [6.07, 6.45) is 1.21. The average molecular weight is 269 g/mol. The van der Waals surface area contributed by atoms with Gasteiger partial charge in [-0.3, -0.25) is 14.9 Å². The van der Waals surface area contributed by atoms with E-state index in [2.05, 4.69) is 10.3 Å². The molecule has 0 saturated carbocycles. The predicted octanol–water partition coefficient (Wildman–Crippen LogP) is 1.53. The molecule has 94 valence electrons. The topological polar surface area (TPSA) is 109 Å². The SMILES string of the molecule is CC(C#N)CNC(=O)c1ccnc(Cl)c1[N+](=O)[O-]. The first-order valence-electron chi connectivity index (χ1n) is 4.94. The van der Waals surface area contributed by atoms with E-state index >= 15 is 0 Å². The van der Waals surface area contributed by atoms with E-state index in [-0.39, 0.29) is 23.2 Å². The number of pyridine rings is 1. The molecule has 0 radical (unpaired) electrons. The predicted molar refractivity (Wildman–Crippen MR) is 63.0 cm³/mol. The largest absolute Gasteiger partial charge is 0.351 e. The molecule has 1 heterocycles. The molecule has 0 fully saturated rings. The molecule has 1 aromatic rings. The summed E-state index contributed by atoms with van der Waals surface area (Å²) < 4.78 is 0. The fraction of sp³-hybridized carbons (Fsp3) is 0.300. The van der Waals surface area contributed by atoms with Crippen molar-refractivity contribution in [2.75, 3.05) is 6.54 Å². The van der Waals surface area contributed by atoms with Crippen LogP contribution >= 0.6 is 11.6 Å². The van der Waals surface area contributed by atoms with Gasteiger partial charge in [-0.05, 0) is 13.0 Å². The molecule has 0 aliphatic heterocycles. The van der Waals surface area contributed by atoms with Crippen molar-refractivity contribution < 1.29 is 9.72 Å². The van der Waals surface area contributed by atoms with Crippen LogP contribution in [-0.2, 0) is 0 Å². The Labute approximate surface area is 108 Å². The first kappa shape index (κ1) is 13.9. The Bertz CT molecular complexity index is 526. The number of nitrogens with zero attached hydrogens (tertiary/aromatic N) is 3. The fourth-order valence-corrected chi connectivity index (χ4v) is 1.40. The van der Waals surface area contributed by atoms with Gasteiger partial charge in [0.25, 0.3) is 5.91 Å². The first-order chi connectivity index (χ1) is 8.47. The van der Waals surface area contributed by atoms with Gasteiger partial charge in [0.05, 0.1) is 16.9 Å². The van der Waals surface area contributed by atoms with Crippen LogP contribution in [-0.4, -0.2) is 22.4 Å². The molecule has 1 rings (SSSR count). The van der Waals surface area contributed by atoms with Crippen LogP contribution in [0.1, 0.15) is 17.3 Å². The molecule has 0 aromatic carbocycles. The molecule has 0 aliphatic carbocycles. The fourth-order valence-electron chi connectivity index (χ4n) is 1.17. The number of nitro groups is 1. The van der Waals surface area contributed by atoms with Crippen LogP contribution in [0.5, 0.6) is 0 Å². The lowest BCUT2D eigenvalue weighted by atomic mass is 10.2. The van der Waals surface area contributed by atoms with Crippen LogP contribution in [0.25, 0.3) is 0 Å². The van der Waals surface area contributed by atoms with Crippen LogP contribution in [0.3, 0.4) is 0 Å². The highest BCUT2D eigenvalue weighted by atomic mass is 35.5. The second-order valence-electron chi connectivity index (χ2n) is 3.50. The van der Waals surface area contributed by atoms with E-state index in [4.69, 9.17) is 16.9 Å². The zero-order valence-electron chi connectivity index (χ0n) is 9.38. The molecule has 18 heavy (non-hydrogen) atoms. The van der Waals surface area contributed by atoms with Gasteiger partial charge in [-0.25, -0.2) is 4.98 Å². The van der Waals surface area contributed by atoms with Gasteiger partial charge < -0.3 is 5.32 Å². The molecule has 0 aliphatic rings. The van der Waals surface area contributed by atoms with Gasteiger partial charge in [0.2, 0.25) is 5.15 Å². The normalized spacial score (nSPS) is 11.4. The summed E-state index contributed by atoms with van der Waals surface area (Å²) in [6, 6.07) is 3.14. The second kappa shape index (κ2) is 5.93. The summed E-state index contributed by atoms with van der Waals surface area (Å²) in [5.74, 6) is -1.04. The maximum atomic E-state index is 11.7. The van der Waals surface area contributed by atoms with Gasteiger partial charge in [-0.2, -0.15) is 5.26 Å². The van der Waals surface area contributed by atoms with E-state index in [1.165, 1.54) is 12.3 Å². The Morgan fingerprint density at radius 2 is 2.44 bits per heavy atom. The van der Waals surface area contributed by atoms with E-state index in [1.807, 2.05) is 6.07 Å². The van der Waals surface area contributed by atoms with Gasteiger partial charge in [-0.1, -0.05) is 11.6 Å². The maximum absolute atomic E-state index is 11.7. The number of hydrogen-bond donors (Lipinski definition) is 1. The standard InChI is InChI=1S/C10H9ClN4O3/c1-6(4-12)5-14-10(16)7-2-3-13-9(11)8(7)15(17)18/h2-3,6H,5H2,1H3,(H,14,16). The Kier molecular flexibility index (Phi) is 4.57. The minimum Gasteiger partial charge on any atom is -0.351 e. The molecule has 1 amide bonds. The molecule has 0 spiro atoms. The van der Waals surface area contributed by atoms with Crippen LogP contribution in [0.15, 0.2) is 12.3 Å². The van der Waals surface area contributed by atoms with Crippen molar-refractivity contribution in [3.63, 3.8) is 0 Å². The highest BCUT2D eigenvalue weighted by Gasteiger charge is 2.24. The maximum Gasteiger partial charge on any atom is 0.319 e. The van der Waals surface area contributed by atoms with Crippen molar-refractivity contribution in [2.24, 2.45) is 5.92 Å². The number of amides is 1. The molecule has 1 unspecified atom stereocenters. The van der Waals surface area contributed by atoms with E-state index in [1.54, 1.807) is 6.92 Å². The molecular weight excluding hydrogens is 260 g/mol. The molecule has 0 saturated heterocycles. The number of halogens is 1. The minimum atomic E-state index is -0.766. The zero-order chi connectivity index (χ0) is 13.7. The summed E-state index contributed by atoms with van der Waals surface area (Å²) in [5, 5.41) is 21.4. The number of carbonyl (C=O) groups excluding carboxylic acids is 1. The quantitative estimate of drug-likeness (QED) is 0.506. The van der Waals surface area contributed by atoms with E-state index in [9.17, 15) is 14.9 Å². The van der Waals surface area contributed by atoms with Gasteiger partial charge in [0, 0.05) is 12.7 Å². The Morgan fingerprint density at radius 3 is 3.00 bits per heavy atom. The Hall–Kier alpha value is -2.20. The molecule has 1 N–H and O–H groups in total. The second-order valence-corrected chi connectivity index (χ2v) is 3.85. The highest BCUT2D eigenvalue weighted by Crippen LogP contribution is 2.25. The van der Waals surface area contributed by atoms with Crippen molar-refractivity contribution in [3.05, 3.63) is 33.1 Å². The Balaban J connectivity index is 2.96. The summed E-state index contributed by atoms with van der Waals surface area (Å²) in [6.45, 7) is 1.72. The smallest absolute Gasteiger partial charge is 0.319 e. The third kappa shape index (κ3) is 3.15. The van der Waals surface area contributed by atoms with Crippen LogP contribution in [0, 0.1) is 27.4 Å². The summed E-state index contributed by atoms with van der Waals surface area (Å²) >= 11 is 5.57. The third-order valence-electron chi connectivity index (χ3n) is 2.10. The zero-order valence-corrected chi connectivity index (χ0v) is 10.1. The average Bonchev–Trinajstić information content (AvgIpc) is 2.34. The monoisotopic (exact) mass is 268 g/mol. The summed E-state index contributed by atoms with van der Waals surface area (Å²) in [5.41, 5.74) is -0.716. The van der Waals surface area contributed by atoms with Crippen LogP contribution in [0.4, 0.5) is 5.69 Å². The van der Waals surface area contributed by atoms with E-state index in [0.29, 0.717) is 0 Å². The number of hydrogen-bond acceptors (Lipinski definition) is 5. The van der Waals surface area contributed by atoms with Crippen molar-refractivity contribution >= 4 is 23.2 Å². The van der Waals surface area contributed by atoms with Gasteiger partial charge in [0.1, 0.15) is 5.56 Å².